The van der Waals surface area contributed by atoms with Crippen LogP contribution < -0.4 is 10.2 Å². The number of hydrogen-bond acceptors (Lipinski definition) is 2. The zero-order valence-corrected chi connectivity index (χ0v) is 15.8. The van der Waals surface area contributed by atoms with E-state index in [1.165, 1.54) is 0 Å². The Balaban J connectivity index is 1.60. The summed E-state index contributed by atoms with van der Waals surface area (Å²) in [6.45, 7) is 2.01. The Morgan fingerprint density at radius 1 is 1.12 bits per heavy atom. The number of nitrogens with one attached hydrogen (secondary N) is 1. The van der Waals surface area contributed by atoms with E-state index in [9.17, 15) is 9.59 Å². The van der Waals surface area contributed by atoms with Crippen molar-refractivity contribution in [2.24, 2.45) is 5.41 Å². The Morgan fingerprint density at radius 2 is 1.85 bits per heavy atom. The van der Waals surface area contributed by atoms with Crippen LogP contribution >= 0.6 is 23.2 Å². The van der Waals surface area contributed by atoms with E-state index in [1.54, 1.807) is 23.1 Å². The molecule has 1 aliphatic heterocycles. The fourth-order valence-corrected chi connectivity index (χ4v) is 3.96. The lowest BCUT2D eigenvalue weighted by Crippen LogP contribution is -2.45. The van der Waals surface area contributed by atoms with Gasteiger partial charge in [0.05, 0.1) is 15.7 Å². The summed E-state index contributed by atoms with van der Waals surface area (Å²) in [5, 5.41) is 3.44. The Morgan fingerprint density at radius 3 is 2.58 bits per heavy atom. The number of rotatable bonds is 3. The van der Waals surface area contributed by atoms with Gasteiger partial charge in [0.25, 0.3) is 0 Å². The molecule has 2 aromatic rings. The fraction of sp³-hybridized carbons (Fsp3) is 0.300. The summed E-state index contributed by atoms with van der Waals surface area (Å²) < 4.78 is 0. The van der Waals surface area contributed by atoms with Crippen molar-refractivity contribution in [2.75, 3.05) is 10.2 Å². The minimum absolute atomic E-state index is 0.0416. The van der Waals surface area contributed by atoms with Crippen LogP contribution in [0.3, 0.4) is 0 Å². The Kier molecular flexibility index (Phi) is 4.20. The molecule has 1 unspecified atom stereocenters. The first-order valence-electron chi connectivity index (χ1n) is 8.61. The van der Waals surface area contributed by atoms with Gasteiger partial charge in [-0.15, -0.1) is 0 Å². The predicted molar refractivity (Wildman–Crippen MR) is 104 cm³/mol. The van der Waals surface area contributed by atoms with Crippen LogP contribution in [0.25, 0.3) is 0 Å². The molecule has 4 rings (SSSR count). The lowest BCUT2D eigenvalue weighted by atomic mass is 10.0. The molecule has 4 nitrogen and oxygen atoms in total. The number of carbonyl (C=O) groups excluding carboxylic acids is 2. The van der Waals surface area contributed by atoms with Crippen LogP contribution in [0.15, 0.2) is 42.5 Å². The van der Waals surface area contributed by atoms with Gasteiger partial charge in [-0.2, -0.15) is 0 Å². The highest BCUT2D eigenvalue weighted by atomic mass is 35.5. The number of halogens is 2. The SMILES string of the molecule is CC1Cc2ccccc2N1C(=O)C1(C(=O)Nc2cccc(Cl)c2Cl)CC1. The minimum Gasteiger partial charge on any atom is -0.324 e. The molecule has 134 valence electrons. The largest absolute Gasteiger partial charge is 0.324 e. The smallest absolute Gasteiger partial charge is 0.242 e. The maximum absolute atomic E-state index is 13.3. The van der Waals surface area contributed by atoms with Crippen LogP contribution in [0.5, 0.6) is 0 Å². The lowest BCUT2D eigenvalue weighted by molar-refractivity contribution is -0.132. The van der Waals surface area contributed by atoms with Gasteiger partial charge in [-0.05, 0) is 49.9 Å². The number of anilines is 2. The molecule has 2 aromatic carbocycles. The van der Waals surface area contributed by atoms with Gasteiger partial charge in [0.1, 0.15) is 5.41 Å². The van der Waals surface area contributed by atoms with E-state index in [4.69, 9.17) is 23.2 Å². The van der Waals surface area contributed by atoms with Crippen molar-refractivity contribution < 1.29 is 9.59 Å². The molecule has 26 heavy (non-hydrogen) atoms. The van der Waals surface area contributed by atoms with Crippen LogP contribution in [0.2, 0.25) is 10.0 Å². The molecule has 1 atom stereocenters. The zero-order valence-electron chi connectivity index (χ0n) is 14.3. The summed E-state index contributed by atoms with van der Waals surface area (Å²) in [6, 6.07) is 13.0. The molecular formula is C20H18Cl2N2O2. The first kappa shape index (κ1) is 17.4. The normalized spacial score (nSPS) is 19.8. The van der Waals surface area contributed by atoms with Crippen molar-refractivity contribution in [3.8, 4) is 0 Å². The van der Waals surface area contributed by atoms with Crippen molar-refractivity contribution in [1.82, 2.24) is 0 Å². The second kappa shape index (κ2) is 6.29. The molecular weight excluding hydrogens is 371 g/mol. The Bertz CT molecular complexity index is 908. The lowest BCUT2D eigenvalue weighted by Gasteiger charge is -2.27. The number of para-hydroxylation sites is 1. The van der Waals surface area contributed by atoms with Crippen molar-refractivity contribution in [3.63, 3.8) is 0 Å². The maximum Gasteiger partial charge on any atom is 0.242 e. The van der Waals surface area contributed by atoms with E-state index in [-0.39, 0.29) is 22.9 Å². The van der Waals surface area contributed by atoms with E-state index >= 15 is 0 Å². The summed E-state index contributed by atoms with van der Waals surface area (Å²) in [6.07, 6.45) is 1.89. The Labute approximate surface area is 162 Å². The molecule has 6 heteroatoms. The Hall–Kier alpha value is -2.04. The van der Waals surface area contributed by atoms with E-state index in [1.807, 2.05) is 31.2 Å². The zero-order chi connectivity index (χ0) is 18.5. The number of hydrogen-bond donors (Lipinski definition) is 1. The molecule has 1 fully saturated rings. The third-order valence-corrected chi connectivity index (χ3v) is 6.04. The van der Waals surface area contributed by atoms with E-state index in [0.29, 0.717) is 23.6 Å². The highest BCUT2D eigenvalue weighted by molar-refractivity contribution is 6.44. The summed E-state index contributed by atoms with van der Waals surface area (Å²) >= 11 is 12.2. The van der Waals surface area contributed by atoms with Gasteiger partial charge in [-0.3, -0.25) is 9.59 Å². The average molecular weight is 389 g/mol. The highest BCUT2D eigenvalue weighted by Gasteiger charge is 2.59. The van der Waals surface area contributed by atoms with Gasteiger partial charge in [0.2, 0.25) is 11.8 Å². The van der Waals surface area contributed by atoms with Gasteiger partial charge < -0.3 is 10.2 Å². The van der Waals surface area contributed by atoms with Crippen LogP contribution in [-0.2, 0) is 16.0 Å². The van der Waals surface area contributed by atoms with E-state index in [0.717, 1.165) is 17.7 Å². The standard InChI is InChI=1S/C20H18Cl2N2O2/c1-12-11-13-5-2-3-8-16(13)24(12)19(26)20(9-10-20)18(25)23-15-7-4-6-14(21)17(15)22/h2-8,12H,9-11H2,1H3,(H,23,25). The molecule has 1 saturated carbocycles. The first-order valence-corrected chi connectivity index (χ1v) is 9.37. The van der Waals surface area contributed by atoms with Gasteiger partial charge >= 0.3 is 0 Å². The second-order valence-corrected chi connectivity index (χ2v) is 7.78. The van der Waals surface area contributed by atoms with Gasteiger partial charge in [0.15, 0.2) is 0 Å². The number of benzene rings is 2. The molecule has 2 aliphatic rings. The van der Waals surface area contributed by atoms with Crippen LogP contribution in [0.4, 0.5) is 11.4 Å². The molecule has 0 aromatic heterocycles. The van der Waals surface area contributed by atoms with Crippen molar-refractivity contribution >= 4 is 46.4 Å². The number of nitrogens with zero attached hydrogens (tertiary/aromatic N) is 1. The number of fused-ring (bicyclic) bond motifs is 1. The molecule has 1 N–H and O–H groups in total. The van der Waals surface area contributed by atoms with Crippen molar-refractivity contribution in [2.45, 2.75) is 32.2 Å². The monoisotopic (exact) mass is 388 g/mol. The highest BCUT2D eigenvalue weighted by Crippen LogP contribution is 2.50. The van der Waals surface area contributed by atoms with E-state index in [2.05, 4.69) is 5.32 Å². The summed E-state index contributed by atoms with van der Waals surface area (Å²) in [5.41, 5.74) is 1.46. The number of amides is 2. The molecule has 1 aliphatic carbocycles. The molecule has 0 saturated heterocycles. The quantitative estimate of drug-likeness (QED) is 0.775. The van der Waals surface area contributed by atoms with Crippen LogP contribution in [-0.4, -0.2) is 17.9 Å². The second-order valence-electron chi connectivity index (χ2n) is 6.99. The van der Waals surface area contributed by atoms with Gasteiger partial charge in [0, 0.05) is 11.7 Å². The molecule has 0 spiro atoms. The summed E-state index contributed by atoms with van der Waals surface area (Å²) in [7, 11) is 0. The fourth-order valence-electron chi connectivity index (χ4n) is 3.61. The molecule has 0 radical (unpaired) electrons. The summed E-state index contributed by atoms with van der Waals surface area (Å²) in [5.74, 6) is -0.450. The average Bonchev–Trinajstić information content (AvgIpc) is 3.36. The van der Waals surface area contributed by atoms with Crippen molar-refractivity contribution in [3.05, 3.63) is 58.1 Å². The van der Waals surface area contributed by atoms with Crippen LogP contribution in [0, 0.1) is 5.41 Å². The molecule has 2 amide bonds. The van der Waals surface area contributed by atoms with Gasteiger partial charge in [-0.25, -0.2) is 0 Å². The maximum atomic E-state index is 13.3. The predicted octanol–water partition coefficient (Wildman–Crippen LogP) is 4.69. The van der Waals surface area contributed by atoms with Crippen molar-refractivity contribution in [1.29, 1.82) is 0 Å². The van der Waals surface area contributed by atoms with Gasteiger partial charge in [-0.1, -0.05) is 47.5 Å². The third kappa shape index (κ3) is 2.68. The van der Waals surface area contributed by atoms with E-state index < -0.39 is 5.41 Å². The first-order chi connectivity index (χ1) is 12.4. The summed E-state index contributed by atoms with van der Waals surface area (Å²) in [4.78, 5) is 28.0. The molecule has 0 bridgehead atoms. The minimum atomic E-state index is -1.02. The third-order valence-electron chi connectivity index (χ3n) is 5.22. The number of carbonyl (C=O) groups is 2. The van der Waals surface area contributed by atoms with Crippen LogP contribution in [0.1, 0.15) is 25.3 Å². The molecule has 1 heterocycles. The topological polar surface area (TPSA) is 49.4 Å².